The molecule has 0 aliphatic carbocycles. The SMILES string of the molecule is O=C(O)CCSCc1cccc(C(=O)Nc2ccc(N3CCCCC3)cc2C(=O)NN=Cc2ccc(Cl)c(C(F)(F)F)c2)c1. The molecule has 232 valence electrons. The average Bonchev–Trinajstić information content (AvgIpc) is 3.00. The molecule has 0 atom stereocenters. The van der Waals surface area contributed by atoms with E-state index >= 15 is 0 Å². The number of piperidine rings is 1. The number of amides is 2. The Morgan fingerprint density at radius 2 is 1.77 bits per heavy atom. The van der Waals surface area contributed by atoms with E-state index in [1.807, 2.05) is 12.1 Å². The number of rotatable bonds is 11. The van der Waals surface area contributed by atoms with Crippen molar-refractivity contribution < 1.29 is 32.7 Å². The molecule has 1 aliphatic rings. The summed E-state index contributed by atoms with van der Waals surface area (Å²) in [6.07, 6.45) is -0.389. The highest BCUT2D eigenvalue weighted by Gasteiger charge is 2.33. The van der Waals surface area contributed by atoms with Crippen LogP contribution in [-0.2, 0) is 16.7 Å². The maximum atomic E-state index is 13.3. The van der Waals surface area contributed by atoms with Gasteiger partial charge in [-0.2, -0.15) is 30.0 Å². The van der Waals surface area contributed by atoms with Gasteiger partial charge in [-0.25, -0.2) is 5.43 Å². The number of hydrazone groups is 1. The Bertz CT molecular complexity index is 1540. The average molecular weight is 647 g/mol. The van der Waals surface area contributed by atoms with Gasteiger partial charge in [-0.1, -0.05) is 29.8 Å². The summed E-state index contributed by atoms with van der Waals surface area (Å²) in [5, 5.41) is 15.0. The first kappa shape index (κ1) is 32.9. The van der Waals surface area contributed by atoms with E-state index in [-0.39, 0.29) is 23.2 Å². The largest absolute Gasteiger partial charge is 0.481 e. The molecule has 0 spiro atoms. The second kappa shape index (κ2) is 15.1. The molecular formula is C31H30ClF3N4O4S. The molecule has 1 saturated heterocycles. The van der Waals surface area contributed by atoms with Gasteiger partial charge >= 0.3 is 12.1 Å². The van der Waals surface area contributed by atoms with Crippen molar-refractivity contribution in [3.8, 4) is 0 Å². The summed E-state index contributed by atoms with van der Waals surface area (Å²) < 4.78 is 39.7. The molecule has 0 radical (unpaired) electrons. The van der Waals surface area contributed by atoms with E-state index in [4.69, 9.17) is 16.7 Å². The number of nitrogens with zero attached hydrogens (tertiary/aromatic N) is 2. The second-order valence-electron chi connectivity index (χ2n) is 10.1. The molecule has 4 rings (SSSR count). The van der Waals surface area contributed by atoms with E-state index in [2.05, 4.69) is 20.7 Å². The second-order valence-corrected chi connectivity index (χ2v) is 11.6. The Labute approximate surface area is 261 Å². The standard InChI is InChI=1S/C31H30ClF3N4O4S/c32-26-9-7-20(16-25(26)31(33,34)35)18-36-38-30(43)24-17-23(39-12-2-1-3-13-39)8-10-27(24)37-29(42)22-6-4-5-21(15-22)19-44-14-11-28(40)41/h4-10,15-18H,1-3,11-14,19H2,(H,37,42)(H,38,43)(H,40,41). The summed E-state index contributed by atoms with van der Waals surface area (Å²) >= 11 is 7.12. The Balaban J connectivity index is 1.53. The fourth-order valence-electron chi connectivity index (χ4n) is 4.59. The fourth-order valence-corrected chi connectivity index (χ4v) is 5.69. The number of aliphatic carboxylic acids is 1. The number of carbonyl (C=O) groups is 3. The zero-order valence-electron chi connectivity index (χ0n) is 23.5. The lowest BCUT2D eigenvalue weighted by atomic mass is 10.1. The lowest BCUT2D eigenvalue weighted by Crippen LogP contribution is -2.30. The molecule has 3 N–H and O–H groups in total. The number of benzene rings is 3. The molecule has 0 aromatic heterocycles. The van der Waals surface area contributed by atoms with E-state index in [1.54, 1.807) is 30.3 Å². The molecule has 0 saturated carbocycles. The van der Waals surface area contributed by atoms with Crippen molar-refractivity contribution in [2.45, 2.75) is 37.6 Å². The zero-order valence-corrected chi connectivity index (χ0v) is 25.1. The van der Waals surface area contributed by atoms with Crippen molar-refractivity contribution in [1.82, 2.24) is 5.43 Å². The van der Waals surface area contributed by atoms with Crippen LogP contribution >= 0.6 is 23.4 Å². The van der Waals surface area contributed by atoms with Crippen molar-refractivity contribution in [1.29, 1.82) is 0 Å². The van der Waals surface area contributed by atoms with Crippen molar-refractivity contribution in [3.63, 3.8) is 0 Å². The molecule has 1 aliphatic heterocycles. The first-order valence-corrected chi connectivity index (χ1v) is 15.3. The van der Waals surface area contributed by atoms with Crippen molar-refractivity contribution in [2.75, 3.05) is 29.1 Å². The number of thioether (sulfide) groups is 1. The third-order valence-electron chi connectivity index (χ3n) is 6.81. The summed E-state index contributed by atoms with van der Waals surface area (Å²) in [5.74, 6) is -1.01. The van der Waals surface area contributed by atoms with Gasteiger partial charge in [0.1, 0.15) is 0 Å². The Hall–Kier alpha value is -4.03. The van der Waals surface area contributed by atoms with Crippen LogP contribution in [0.25, 0.3) is 0 Å². The summed E-state index contributed by atoms with van der Waals surface area (Å²) in [6, 6.07) is 15.3. The van der Waals surface area contributed by atoms with Gasteiger partial charge in [0.15, 0.2) is 0 Å². The Kier molecular flexibility index (Phi) is 11.3. The van der Waals surface area contributed by atoms with Gasteiger partial charge in [0.05, 0.1) is 34.5 Å². The molecule has 8 nitrogen and oxygen atoms in total. The number of hydrogen-bond donors (Lipinski definition) is 3. The smallest absolute Gasteiger partial charge is 0.417 e. The number of hydrogen-bond acceptors (Lipinski definition) is 6. The normalized spacial score (nSPS) is 13.6. The van der Waals surface area contributed by atoms with E-state index in [9.17, 15) is 27.6 Å². The minimum atomic E-state index is -4.65. The van der Waals surface area contributed by atoms with E-state index in [0.29, 0.717) is 17.1 Å². The maximum Gasteiger partial charge on any atom is 0.417 e. The monoisotopic (exact) mass is 646 g/mol. The van der Waals surface area contributed by atoms with Crippen molar-refractivity contribution in [2.24, 2.45) is 5.10 Å². The van der Waals surface area contributed by atoms with Crippen molar-refractivity contribution in [3.05, 3.63) is 93.5 Å². The lowest BCUT2D eigenvalue weighted by Gasteiger charge is -2.29. The first-order valence-electron chi connectivity index (χ1n) is 13.8. The predicted molar refractivity (Wildman–Crippen MR) is 167 cm³/mol. The van der Waals surface area contributed by atoms with Gasteiger partial charge < -0.3 is 15.3 Å². The van der Waals surface area contributed by atoms with Gasteiger partial charge in [-0.15, -0.1) is 0 Å². The molecule has 1 heterocycles. The van der Waals surface area contributed by atoms with Gasteiger partial charge in [0.2, 0.25) is 0 Å². The molecule has 13 heteroatoms. The van der Waals surface area contributed by atoms with Crippen LogP contribution in [0, 0.1) is 0 Å². The van der Waals surface area contributed by atoms with Crippen molar-refractivity contribution >= 4 is 58.7 Å². The van der Waals surface area contributed by atoms with Crippen LogP contribution in [-0.4, -0.2) is 47.9 Å². The Morgan fingerprint density at radius 3 is 2.50 bits per heavy atom. The summed E-state index contributed by atoms with van der Waals surface area (Å²) in [4.78, 5) is 39.4. The number of halogens is 4. The fraction of sp³-hybridized carbons (Fsp3) is 0.290. The number of anilines is 2. The number of alkyl halides is 3. The number of carboxylic acid groups (broad SMARTS) is 1. The minimum Gasteiger partial charge on any atom is -0.481 e. The van der Waals surface area contributed by atoms with Crippen LogP contribution in [0.2, 0.25) is 5.02 Å². The zero-order chi connectivity index (χ0) is 31.7. The van der Waals surface area contributed by atoms with Crippen LogP contribution < -0.4 is 15.6 Å². The number of carboxylic acids is 1. The first-order chi connectivity index (χ1) is 21.0. The van der Waals surface area contributed by atoms with Crippen LogP contribution in [0.4, 0.5) is 24.5 Å². The molecule has 44 heavy (non-hydrogen) atoms. The molecule has 3 aromatic carbocycles. The molecule has 2 amide bonds. The van der Waals surface area contributed by atoms with E-state index in [1.165, 1.54) is 17.8 Å². The topological polar surface area (TPSA) is 111 Å². The number of carbonyl (C=O) groups excluding carboxylic acids is 2. The highest BCUT2D eigenvalue weighted by atomic mass is 35.5. The van der Waals surface area contributed by atoms with Crippen LogP contribution in [0.1, 0.15) is 63.1 Å². The highest BCUT2D eigenvalue weighted by molar-refractivity contribution is 7.98. The van der Waals surface area contributed by atoms with Crippen LogP contribution in [0.3, 0.4) is 0 Å². The maximum absolute atomic E-state index is 13.3. The molecule has 1 fully saturated rings. The molecular weight excluding hydrogens is 617 g/mol. The summed E-state index contributed by atoms with van der Waals surface area (Å²) in [5.41, 5.74) is 3.77. The van der Waals surface area contributed by atoms with Gasteiger partial charge in [0, 0.05) is 35.8 Å². The van der Waals surface area contributed by atoms with Crippen LogP contribution in [0.5, 0.6) is 0 Å². The molecule has 0 bridgehead atoms. The summed E-state index contributed by atoms with van der Waals surface area (Å²) in [7, 11) is 0. The molecule has 0 unspecified atom stereocenters. The lowest BCUT2D eigenvalue weighted by molar-refractivity contribution is -0.138. The van der Waals surface area contributed by atoms with E-state index < -0.39 is 34.5 Å². The Morgan fingerprint density at radius 1 is 1.00 bits per heavy atom. The van der Waals surface area contributed by atoms with Gasteiger partial charge in [-0.3, -0.25) is 14.4 Å². The molecule has 3 aromatic rings. The summed E-state index contributed by atoms with van der Waals surface area (Å²) in [6.45, 7) is 1.64. The van der Waals surface area contributed by atoms with Gasteiger partial charge in [-0.05, 0) is 72.9 Å². The predicted octanol–water partition coefficient (Wildman–Crippen LogP) is 7.07. The minimum absolute atomic E-state index is 0.0431. The number of nitrogens with one attached hydrogen (secondary N) is 2. The quantitative estimate of drug-likeness (QED) is 0.117. The van der Waals surface area contributed by atoms with Crippen LogP contribution in [0.15, 0.2) is 65.8 Å². The van der Waals surface area contributed by atoms with E-state index in [0.717, 1.165) is 62.0 Å². The van der Waals surface area contributed by atoms with Gasteiger partial charge in [0.25, 0.3) is 11.8 Å². The third-order valence-corrected chi connectivity index (χ3v) is 8.17. The third kappa shape index (κ3) is 9.23. The highest BCUT2D eigenvalue weighted by Crippen LogP contribution is 2.35.